The highest BCUT2D eigenvalue weighted by atomic mass is 32.2. The van der Waals surface area contributed by atoms with E-state index in [0.717, 1.165) is 37.3 Å². The Morgan fingerprint density at radius 3 is 2.23 bits per heavy atom. The summed E-state index contributed by atoms with van der Waals surface area (Å²) in [7, 11) is -4.15. The van der Waals surface area contributed by atoms with Gasteiger partial charge in [-0.2, -0.15) is 13.2 Å². The van der Waals surface area contributed by atoms with Gasteiger partial charge in [0.1, 0.15) is 12.4 Å². The van der Waals surface area contributed by atoms with Crippen molar-refractivity contribution in [3.63, 3.8) is 0 Å². The number of carbonyl (C=O) groups is 2. The number of carbonyl (C=O) groups excluding carboxylic acids is 2. The number of hydrogen-bond donors (Lipinski definition) is 2. The van der Waals surface area contributed by atoms with Crippen molar-refractivity contribution in [2.24, 2.45) is 0 Å². The number of rotatable bonds is 7. The molecule has 0 bridgehead atoms. The molecular formula is C18H16F4N2O5S. The Morgan fingerprint density at radius 1 is 1.07 bits per heavy atom. The van der Waals surface area contributed by atoms with Crippen LogP contribution in [-0.2, 0) is 19.6 Å². The SMILES string of the molecule is CC(OC(=O)c1ccc(S(=O)(=O)Nc2ccccc2F)cc1)C(=O)NCC(F)(F)F. The lowest BCUT2D eigenvalue weighted by Crippen LogP contribution is -2.40. The third-order valence-electron chi connectivity index (χ3n) is 3.63. The third-order valence-corrected chi connectivity index (χ3v) is 5.02. The Kier molecular flexibility index (Phi) is 7.03. The van der Waals surface area contributed by atoms with Gasteiger partial charge < -0.3 is 10.1 Å². The molecule has 1 unspecified atom stereocenters. The molecule has 0 aliphatic carbocycles. The van der Waals surface area contributed by atoms with Crippen LogP contribution in [0.4, 0.5) is 23.2 Å². The largest absolute Gasteiger partial charge is 0.449 e. The molecular weight excluding hydrogens is 432 g/mol. The number of esters is 1. The van der Waals surface area contributed by atoms with E-state index >= 15 is 0 Å². The van der Waals surface area contributed by atoms with E-state index in [1.54, 1.807) is 5.32 Å². The lowest BCUT2D eigenvalue weighted by molar-refractivity contribution is -0.143. The van der Waals surface area contributed by atoms with Crippen LogP contribution in [0.15, 0.2) is 53.4 Å². The van der Waals surface area contributed by atoms with E-state index in [0.29, 0.717) is 0 Å². The van der Waals surface area contributed by atoms with Crippen molar-refractivity contribution in [3.8, 4) is 0 Å². The summed E-state index contributed by atoms with van der Waals surface area (Å²) >= 11 is 0. The molecule has 2 rings (SSSR count). The van der Waals surface area contributed by atoms with Crippen LogP contribution >= 0.6 is 0 Å². The van der Waals surface area contributed by atoms with Gasteiger partial charge in [0, 0.05) is 0 Å². The predicted molar refractivity (Wildman–Crippen MR) is 97.6 cm³/mol. The number of halogens is 4. The Labute approximate surface area is 169 Å². The van der Waals surface area contributed by atoms with Crippen LogP contribution in [0.5, 0.6) is 0 Å². The Morgan fingerprint density at radius 2 is 1.67 bits per heavy atom. The number of anilines is 1. The van der Waals surface area contributed by atoms with Crippen molar-refractivity contribution in [1.82, 2.24) is 5.32 Å². The molecule has 0 aromatic heterocycles. The van der Waals surface area contributed by atoms with Gasteiger partial charge in [-0.3, -0.25) is 9.52 Å². The fraction of sp³-hybridized carbons (Fsp3) is 0.222. The Bertz CT molecular complexity index is 1020. The second kappa shape index (κ2) is 9.11. The number of alkyl halides is 3. The molecule has 2 N–H and O–H groups in total. The maximum absolute atomic E-state index is 13.6. The van der Waals surface area contributed by atoms with Crippen LogP contribution in [0, 0.1) is 5.82 Å². The number of hydrogen-bond acceptors (Lipinski definition) is 5. The monoisotopic (exact) mass is 448 g/mol. The van der Waals surface area contributed by atoms with Crippen molar-refractivity contribution in [2.75, 3.05) is 11.3 Å². The first-order valence-electron chi connectivity index (χ1n) is 8.32. The van der Waals surface area contributed by atoms with E-state index in [9.17, 15) is 35.6 Å². The highest BCUT2D eigenvalue weighted by Crippen LogP contribution is 2.19. The van der Waals surface area contributed by atoms with Crippen molar-refractivity contribution < 1.29 is 40.3 Å². The quantitative estimate of drug-likeness (QED) is 0.501. The van der Waals surface area contributed by atoms with Gasteiger partial charge in [-0.1, -0.05) is 12.1 Å². The lowest BCUT2D eigenvalue weighted by Gasteiger charge is -2.14. The van der Waals surface area contributed by atoms with Gasteiger partial charge in [0.15, 0.2) is 6.10 Å². The van der Waals surface area contributed by atoms with Crippen LogP contribution in [0.25, 0.3) is 0 Å². The van der Waals surface area contributed by atoms with Crippen LogP contribution in [-0.4, -0.2) is 39.1 Å². The molecule has 0 saturated heterocycles. The summed E-state index contributed by atoms with van der Waals surface area (Å²) in [6.07, 6.45) is -6.12. The maximum Gasteiger partial charge on any atom is 0.405 e. The zero-order valence-corrected chi connectivity index (χ0v) is 16.2. The first-order chi connectivity index (χ1) is 13.9. The molecule has 0 aliphatic heterocycles. The lowest BCUT2D eigenvalue weighted by atomic mass is 10.2. The van der Waals surface area contributed by atoms with Crippen LogP contribution < -0.4 is 10.0 Å². The number of ether oxygens (including phenoxy) is 1. The summed E-state index contributed by atoms with van der Waals surface area (Å²) in [4.78, 5) is 23.3. The average Bonchev–Trinajstić information content (AvgIpc) is 2.67. The molecule has 1 atom stereocenters. The normalized spacial score (nSPS) is 12.7. The minimum Gasteiger partial charge on any atom is -0.449 e. The van der Waals surface area contributed by atoms with Crippen LogP contribution in [0.3, 0.4) is 0 Å². The van der Waals surface area contributed by atoms with E-state index in [4.69, 9.17) is 4.74 Å². The molecule has 1 amide bonds. The number of benzene rings is 2. The molecule has 0 radical (unpaired) electrons. The zero-order chi connectivity index (χ0) is 22.5. The fourth-order valence-electron chi connectivity index (χ4n) is 2.13. The first-order valence-corrected chi connectivity index (χ1v) is 9.80. The number of para-hydroxylation sites is 1. The van der Waals surface area contributed by atoms with Crippen LogP contribution in [0.2, 0.25) is 0 Å². The standard InChI is InChI=1S/C18H16F4N2O5S/c1-11(16(25)23-10-18(20,21)22)29-17(26)12-6-8-13(9-7-12)30(27,28)24-15-5-3-2-4-14(15)19/h2-9,11,24H,10H2,1H3,(H,23,25). The van der Waals surface area contributed by atoms with Gasteiger partial charge in [0.05, 0.1) is 16.1 Å². The van der Waals surface area contributed by atoms with Gasteiger partial charge in [0.25, 0.3) is 15.9 Å². The molecule has 0 heterocycles. The van der Waals surface area contributed by atoms with Gasteiger partial charge in [-0.15, -0.1) is 0 Å². The van der Waals surface area contributed by atoms with Gasteiger partial charge >= 0.3 is 12.1 Å². The predicted octanol–water partition coefficient (Wildman–Crippen LogP) is 2.85. The topological polar surface area (TPSA) is 102 Å². The summed E-state index contributed by atoms with van der Waals surface area (Å²) in [5.74, 6) is -2.97. The number of nitrogens with one attached hydrogen (secondary N) is 2. The minimum absolute atomic E-state index is 0.143. The molecule has 162 valence electrons. The van der Waals surface area contributed by atoms with E-state index in [2.05, 4.69) is 4.72 Å². The summed E-state index contributed by atoms with van der Waals surface area (Å²) in [6, 6.07) is 9.39. The fourth-order valence-corrected chi connectivity index (χ4v) is 3.20. The van der Waals surface area contributed by atoms with E-state index in [1.165, 1.54) is 18.2 Å². The second-order valence-corrected chi connectivity index (χ2v) is 7.67. The van der Waals surface area contributed by atoms with Crippen molar-refractivity contribution in [2.45, 2.75) is 24.1 Å². The summed E-state index contributed by atoms with van der Waals surface area (Å²) < 4.78 is 81.4. The van der Waals surface area contributed by atoms with E-state index in [1.807, 2.05) is 0 Å². The molecule has 30 heavy (non-hydrogen) atoms. The molecule has 2 aromatic rings. The highest BCUT2D eigenvalue weighted by molar-refractivity contribution is 7.92. The van der Waals surface area contributed by atoms with Crippen molar-refractivity contribution >= 4 is 27.6 Å². The molecule has 0 spiro atoms. The van der Waals surface area contributed by atoms with Crippen molar-refractivity contribution in [3.05, 3.63) is 59.9 Å². The summed E-state index contributed by atoms with van der Waals surface area (Å²) in [6.45, 7) is -0.490. The Hall–Kier alpha value is -3.15. The van der Waals surface area contributed by atoms with Crippen LogP contribution in [0.1, 0.15) is 17.3 Å². The Balaban J connectivity index is 2.03. The molecule has 0 fully saturated rings. The minimum atomic E-state index is -4.61. The third kappa shape index (κ3) is 6.44. The first kappa shape index (κ1) is 23.1. The molecule has 7 nitrogen and oxygen atoms in total. The number of amides is 1. The molecule has 0 aliphatic rings. The van der Waals surface area contributed by atoms with Crippen molar-refractivity contribution in [1.29, 1.82) is 0 Å². The summed E-state index contributed by atoms with van der Waals surface area (Å²) in [5.41, 5.74) is -0.407. The van der Waals surface area contributed by atoms with Gasteiger partial charge in [-0.25, -0.2) is 17.6 Å². The highest BCUT2D eigenvalue weighted by Gasteiger charge is 2.29. The molecule has 2 aromatic carbocycles. The van der Waals surface area contributed by atoms with Gasteiger partial charge in [0.2, 0.25) is 0 Å². The van der Waals surface area contributed by atoms with E-state index in [-0.39, 0.29) is 16.1 Å². The smallest absolute Gasteiger partial charge is 0.405 e. The second-order valence-electron chi connectivity index (χ2n) is 5.99. The molecule has 12 heteroatoms. The molecule has 0 saturated carbocycles. The van der Waals surface area contributed by atoms with E-state index < -0.39 is 46.5 Å². The number of sulfonamides is 1. The maximum atomic E-state index is 13.6. The summed E-state index contributed by atoms with van der Waals surface area (Å²) in [5, 5.41) is 1.58. The zero-order valence-electron chi connectivity index (χ0n) is 15.4. The van der Waals surface area contributed by atoms with Gasteiger partial charge in [-0.05, 0) is 43.3 Å². The average molecular weight is 448 g/mol.